The molecule has 19 heavy (non-hydrogen) atoms. The average Bonchev–Trinajstić information content (AvgIpc) is 2.36. The monoisotopic (exact) mass is 290 g/mol. The Hall–Kier alpha value is -0.980. The number of aromatic hydroxyl groups is 1. The van der Waals surface area contributed by atoms with Crippen molar-refractivity contribution >= 4 is 31.8 Å². The van der Waals surface area contributed by atoms with Gasteiger partial charge in [0.2, 0.25) is 0 Å². The summed E-state index contributed by atoms with van der Waals surface area (Å²) in [5.74, 6) is 0.416. The van der Waals surface area contributed by atoms with Crippen molar-refractivity contribution in [1.29, 1.82) is 0 Å². The van der Waals surface area contributed by atoms with Crippen molar-refractivity contribution in [2.24, 2.45) is 0 Å². The molecule has 0 saturated heterocycles. The molecular formula is C16H19OPS. The topological polar surface area (TPSA) is 20.2 Å². The van der Waals surface area contributed by atoms with Crippen molar-refractivity contribution in [2.45, 2.75) is 26.0 Å². The van der Waals surface area contributed by atoms with Crippen LogP contribution in [-0.2, 0) is 0 Å². The van der Waals surface area contributed by atoms with Gasteiger partial charge < -0.3 is 5.11 Å². The van der Waals surface area contributed by atoms with Crippen LogP contribution in [0.5, 0.6) is 5.75 Å². The molecule has 0 bridgehead atoms. The highest BCUT2D eigenvalue weighted by atomic mass is 32.1. The summed E-state index contributed by atoms with van der Waals surface area (Å²) in [6, 6.07) is 12.4. The number of phenolic OH excluding ortho intramolecular Hbond substituents is 1. The second-order valence-corrected chi connectivity index (χ2v) is 6.96. The van der Waals surface area contributed by atoms with Gasteiger partial charge in [0, 0.05) is 10.6 Å². The Morgan fingerprint density at radius 2 is 1.84 bits per heavy atom. The summed E-state index contributed by atoms with van der Waals surface area (Å²) in [4.78, 5) is 0. The van der Waals surface area contributed by atoms with E-state index in [-0.39, 0.29) is 5.25 Å². The molecule has 0 heterocycles. The van der Waals surface area contributed by atoms with Crippen molar-refractivity contribution in [1.82, 2.24) is 0 Å². The third-order valence-electron chi connectivity index (χ3n) is 3.16. The number of rotatable bonds is 3. The minimum absolute atomic E-state index is 0.203. The van der Waals surface area contributed by atoms with Crippen LogP contribution in [0.25, 0.3) is 0 Å². The molecule has 0 radical (unpaired) electrons. The van der Waals surface area contributed by atoms with Gasteiger partial charge >= 0.3 is 0 Å². The molecule has 0 aromatic heterocycles. The van der Waals surface area contributed by atoms with Crippen LogP contribution in [0.3, 0.4) is 0 Å². The molecule has 0 fully saturated rings. The molecule has 2 aromatic rings. The maximum absolute atomic E-state index is 10.1. The maximum Gasteiger partial charge on any atom is 0.126 e. The van der Waals surface area contributed by atoms with Crippen LogP contribution in [0, 0.1) is 13.8 Å². The van der Waals surface area contributed by atoms with Gasteiger partial charge in [0.25, 0.3) is 0 Å². The molecule has 2 atom stereocenters. The lowest BCUT2D eigenvalue weighted by Gasteiger charge is -2.14. The Labute approximate surface area is 122 Å². The fraction of sp³-hybridized carbons (Fsp3) is 0.250. The lowest BCUT2D eigenvalue weighted by Crippen LogP contribution is -2.10. The van der Waals surface area contributed by atoms with E-state index in [0.29, 0.717) is 14.3 Å². The minimum atomic E-state index is 0.203. The lowest BCUT2D eigenvalue weighted by molar-refractivity contribution is 0.475. The first-order valence-corrected chi connectivity index (χ1v) is 7.85. The Balaban J connectivity index is 2.41. The summed E-state index contributed by atoms with van der Waals surface area (Å²) < 4.78 is 0. The summed E-state index contributed by atoms with van der Waals surface area (Å²) in [7, 11) is 0.461. The van der Waals surface area contributed by atoms with Gasteiger partial charge in [-0.15, -0.1) is 0 Å². The molecular weight excluding hydrogens is 271 g/mol. The normalized spacial score (nSPS) is 13.1. The number of phenols is 1. The van der Waals surface area contributed by atoms with Gasteiger partial charge in [-0.3, -0.25) is 0 Å². The van der Waals surface area contributed by atoms with Crippen molar-refractivity contribution in [3.8, 4) is 5.75 Å². The largest absolute Gasteiger partial charge is 0.507 e. The molecule has 100 valence electrons. The van der Waals surface area contributed by atoms with E-state index in [4.69, 9.17) is 0 Å². The van der Waals surface area contributed by atoms with Crippen molar-refractivity contribution < 1.29 is 5.11 Å². The van der Waals surface area contributed by atoms with E-state index in [9.17, 15) is 5.11 Å². The SMILES string of the molecule is Cc1ccc(Pc2cccc(C)c2O)c(C(C)S)c1. The Morgan fingerprint density at radius 1 is 1.11 bits per heavy atom. The highest BCUT2D eigenvalue weighted by Crippen LogP contribution is 2.27. The van der Waals surface area contributed by atoms with Gasteiger partial charge in [-0.05, 0) is 37.2 Å². The van der Waals surface area contributed by atoms with E-state index in [1.165, 1.54) is 16.4 Å². The van der Waals surface area contributed by atoms with E-state index in [2.05, 4.69) is 44.7 Å². The molecule has 0 saturated carbocycles. The molecule has 2 aromatic carbocycles. The van der Waals surface area contributed by atoms with Crippen molar-refractivity contribution in [3.63, 3.8) is 0 Å². The second kappa shape index (κ2) is 5.98. The maximum atomic E-state index is 10.1. The predicted octanol–water partition coefficient (Wildman–Crippen LogP) is 3.63. The van der Waals surface area contributed by atoms with E-state index in [1.54, 1.807) is 0 Å². The Kier molecular flexibility index (Phi) is 4.54. The molecule has 0 aliphatic rings. The molecule has 0 aliphatic heterocycles. The zero-order valence-electron chi connectivity index (χ0n) is 11.4. The average molecular weight is 290 g/mol. The third kappa shape index (κ3) is 3.32. The van der Waals surface area contributed by atoms with Gasteiger partial charge in [-0.25, -0.2) is 0 Å². The van der Waals surface area contributed by atoms with Gasteiger partial charge in [0.05, 0.1) is 0 Å². The van der Waals surface area contributed by atoms with Crippen LogP contribution in [0.2, 0.25) is 0 Å². The summed E-state index contributed by atoms with van der Waals surface area (Å²) in [6.45, 7) is 6.11. The summed E-state index contributed by atoms with van der Waals surface area (Å²) in [6.07, 6.45) is 0. The number of thiol groups is 1. The quantitative estimate of drug-likeness (QED) is 0.653. The number of hydrogen-bond donors (Lipinski definition) is 2. The molecule has 2 unspecified atom stereocenters. The fourth-order valence-corrected chi connectivity index (χ4v) is 3.77. The van der Waals surface area contributed by atoms with E-state index in [1.807, 2.05) is 25.1 Å². The van der Waals surface area contributed by atoms with E-state index >= 15 is 0 Å². The number of aryl methyl sites for hydroxylation is 2. The fourth-order valence-electron chi connectivity index (χ4n) is 2.05. The first-order chi connectivity index (χ1) is 8.99. The van der Waals surface area contributed by atoms with Crippen LogP contribution < -0.4 is 10.6 Å². The zero-order valence-corrected chi connectivity index (χ0v) is 13.3. The van der Waals surface area contributed by atoms with Gasteiger partial charge in [-0.2, -0.15) is 12.6 Å². The minimum Gasteiger partial charge on any atom is -0.507 e. The summed E-state index contributed by atoms with van der Waals surface area (Å²) in [5, 5.41) is 12.6. The van der Waals surface area contributed by atoms with Gasteiger partial charge in [0.1, 0.15) is 5.75 Å². The first-order valence-electron chi connectivity index (χ1n) is 6.33. The van der Waals surface area contributed by atoms with Crippen LogP contribution in [-0.4, -0.2) is 5.11 Å². The van der Waals surface area contributed by atoms with E-state index in [0.717, 1.165) is 10.9 Å². The Morgan fingerprint density at radius 3 is 2.53 bits per heavy atom. The predicted molar refractivity (Wildman–Crippen MR) is 89.0 cm³/mol. The molecule has 3 heteroatoms. The molecule has 0 spiro atoms. The van der Waals surface area contributed by atoms with Gasteiger partial charge in [-0.1, -0.05) is 50.5 Å². The third-order valence-corrected chi connectivity index (χ3v) is 4.84. The first kappa shape index (κ1) is 14.4. The molecule has 2 rings (SSSR count). The lowest BCUT2D eigenvalue weighted by atomic mass is 10.1. The van der Waals surface area contributed by atoms with Crippen LogP contribution in [0.4, 0.5) is 0 Å². The molecule has 0 aliphatic carbocycles. The Bertz CT molecular complexity index is 593. The summed E-state index contributed by atoms with van der Waals surface area (Å²) in [5.41, 5.74) is 3.43. The zero-order chi connectivity index (χ0) is 14.0. The van der Waals surface area contributed by atoms with Crippen LogP contribution >= 0.6 is 21.2 Å². The summed E-state index contributed by atoms with van der Waals surface area (Å²) >= 11 is 4.56. The second-order valence-electron chi connectivity index (χ2n) is 4.86. The van der Waals surface area contributed by atoms with Gasteiger partial charge in [0.15, 0.2) is 0 Å². The number of para-hydroxylation sites is 1. The van der Waals surface area contributed by atoms with Crippen molar-refractivity contribution in [2.75, 3.05) is 0 Å². The highest BCUT2D eigenvalue weighted by molar-refractivity contribution is 7.80. The smallest absolute Gasteiger partial charge is 0.126 e. The highest BCUT2D eigenvalue weighted by Gasteiger charge is 2.11. The molecule has 1 N–H and O–H groups in total. The van der Waals surface area contributed by atoms with Crippen LogP contribution in [0.15, 0.2) is 36.4 Å². The van der Waals surface area contributed by atoms with Crippen molar-refractivity contribution in [3.05, 3.63) is 53.1 Å². The standard InChI is InChI=1S/C16H19OPS/c1-10-7-8-14(13(9-10)12(3)19)18-15-6-4-5-11(2)16(15)17/h4-9,12,17-19H,1-3H3. The molecule has 1 nitrogen and oxygen atoms in total. The van der Waals surface area contributed by atoms with E-state index < -0.39 is 0 Å². The molecule has 0 amide bonds. The number of hydrogen-bond acceptors (Lipinski definition) is 2. The van der Waals surface area contributed by atoms with Crippen LogP contribution in [0.1, 0.15) is 28.9 Å². The number of benzene rings is 2.